The fourth-order valence-electron chi connectivity index (χ4n) is 2.40. The molecule has 1 atom stereocenters. The molecule has 24 heavy (non-hydrogen) atoms. The van der Waals surface area contributed by atoms with Gasteiger partial charge in [-0.15, -0.1) is 11.3 Å². The minimum atomic E-state index is -0.302. The van der Waals surface area contributed by atoms with Gasteiger partial charge in [-0.2, -0.15) is 4.98 Å². The Kier molecular flexibility index (Phi) is 4.70. The Morgan fingerprint density at radius 3 is 2.92 bits per heavy atom. The van der Waals surface area contributed by atoms with Crippen LogP contribution in [-0.4, -0.2) is 34.3 Å². The summed E-state index contributed by atoms with van der Waals surface area (Å²) in [6.45, 7) is 2.15. The van der Waals surface area contributed by atoms with Gasteiger partial charge in [-0.25, -0.2) is 0 Å². The number of amides is 2. The molecule has 9 heteroatoms. The third kappa shape index (κ3) is 3.67. The number of hydrogen-bond acceptors (Lipinski definition) is 7. The zero-order valence-corrected chi connectivity index (χ0v) is 13.8. The summed E-state index contributed by atoms with van der Waals surface area (Å²) >= 11 is 1.14. The predicted molar refractivity (Wildman–Crippen MR) is 84.8 cm³/mol. The molecule has 0 bridgehead atoms. The lowest BCUT2D eigenvalue weighted by Gasteiger charge is -2.18. The van der Waals surface area contributed by atoms with Crippen molar-refractivity contribution in [1.29, 1.82) is 0 Å². The molecule has 0 aliphatic carbocycles. The first-order chi connectivity index (χ1) is 11.5. The summed E-state index contributed by atoms with van der Waals surface area (Å²) in [7, 11) is 0. The molecule has 0 radical (unpaired) electrons. The molecule has 1 fully saturated rings. The summed E-state index contributed by atoms with van der Waals surface area (Å²) in [4.78, 5) is 39.9. The highest BCUT2D eigenvalue weighted by atomic mass is 32.1. The molecule has 2 aromatic heterocycles. The van der Waals surface area contributed by atoms with Crippen LogP contribution in [0.2, 0.25) is 0 Å². The monoisotopic (exact) mass is 348 g/mol. The van der Waals surface area contributed by atoms with Gasteiger partial charge in [0.1, 0.15) is 0 Å². The number of carbonyl (C=O) groups excluding carboxylic acids is 3. The zero-order chi connectivity index (χ0) is 17.1. The van der Waals surface area contributed by atoms with Gasteiger partial charge in [0.05, 0.1) is 16.3 Å². The van der Waals surface area contributed by atoms with Crippen LogP contribution < -0.4 is 10.6 Å². The van der Waals surface area contributed by atoms with E-state index in [9.17, 15) is 14.4 Å². The van der Waals surface area contributed by atoms with Crippen molar-refractivity contribution in [2.75, 3.05) is 6.54 Å². The van der Waals surface area contributed by atoms with Crippen molar-refractivity contribution in [3.8, 4) is 0 Å². The molecule has 8 nitrogen and oxygen atoms in total. The number of rotatable bonds is 5. The van der Waals surface area contributed by atoms with Gasteiger partial charge < -0.3 is 15.2 Å². The number of Topliss-reactive ketones (excluding diaryl/α,β-unsaturated/α-hetero) is 1. The van der Waals surface area contributed by atoms with E-state index in [-0.39, 0.29) is 36.0 Å². The van der Waals surface area contributed by atoms with Gasteiger partial charge in [-0.1, -0.05) is 5.16 Å². The molecular formula is C15H16N4O4S. The van der Waals surface area contributed by atoms with Crippen LogP contribution in [0.4, 0.5) is 0 Å². The zero-order valence-electron chi connectivity index (χ0n) is 13.0. The van der Waals surface area contributed by atoms with Crippen molar-refractivity contribution in [1.82, 2.24) is 20.8 Å². The van der Waals surface area contributed by atoms with Crippen molar-refractivity contribution in [3.05, 3.63) is 33.6 Å². The van der Waals surface area contributed by atoms with E-state index in [0.29, 0.717) is 28.5 Å². The van der Waals surface area contributed by atoms with Gasteiger partial charge in [0, 0.05) is 18.9 Å². The Balaban J connectivity index is 1.57. The number of aromatic nitrogens is 2. The summed E-state index contributed by atoms with van der Waals surface area (Å²) in [6, 6.07) is 3.23. The van der Waals surface area contributed by atoms with Crippen LogP contribution in [0.1, 0.15) is 56.7 Å². The van der Waals surface area contributed by atoms with Crippen molar-refractivity contribution in [3.63, 3.8) is 0 Å². The minimum absolute atomic E-state index is 0.0233. The smallest absolute Gasteiger partial charge is 0.261 e. The number of thiophene rings is 1. The van der Waals surface area contributed by atoms with Crippen LogP contribution in [0.3, 0.4) is 0 Å². The second-order valence-corrected chi connectivity index (χ2v) is 6.57. The van der Waals surface area contributed by atoms with Crippen LogP contribution in [0.25, 0.3) is 0 Å². The molecule has 1 saturated heterocycles. The molecule has 1 aliphatic rings. The average Bonchev–Trinajstić information content (AvgIpc) is 3.22. The number of hydrogen-bond donors (Lipinski definition) is 2. The molecule has 0 saturated carbocycles. The molecule has 3 heterocycles. The Bertz CT molecular complexity index is 782. The lowest BCUT2D eigenvalue weighted by Crippen LogP contribution is -2.32. The molecule has 0 spiro atoms. The first-order valence-electron chi connectivity index (χ1n) is 7.51. The standard InChI is InChI=1S/C15H16N4O4S/c1-8(20)10-2-3-11(24-10)15(22)17-7-13-18-14(19-23-13)9-4-5-16-12(21)6-9/h2-3,9H,4-7H2,1H3,(H,16,21)(H,17,22). The molecule has 1 aliphatic heterocycles. The number of nitrogens with zero attached hydrogens (tertiary/aromatic N) is 2. The summed E-state index contributed by atoms with van der Waals surface area (Å²) in [5.41, 5.74) is 0. The second-order valence-electron chi connectivity index (χ2n) is 5.49. The second kappa shape index (κ2) is 6.91. The van der Waals surface area contributed by atoms with Gasteiger partial charge >= 0.3 is 0 Å². The number of carbonyl (C=O) groups is 3. The highest BCUT2D eigenvalue weighted by Crippen LogP contribution is 2.23. The Labute approximate surface area is 141 Å². The predicted octanol–water partition coefficient (Wildman–Crippen LogP) is 1.26. The van der Waals surface area contributed by atoms with E-state index in [4.69, 9.17) is 4.52 Å². The maximum atomic E-state index is 12.1. The van der Waals surface area contributed by atoms with Gasteiger partial charge in [-0.05, 0) is 25.5 Å². The van der Waals surface area contributed by atoms with Crippen LogP contribution in [0.5, 0.6) is 0 Å². The topological polar surface area (TPSA) is 114 Å². The first-order valence-corrected chi connectivity index (χ1v) is 8.32. The van der Waals surface area contributed by atoms with E-state index >= 15 is 0 Å². The maximum absolute atomic E-state index is 12.1. The number of ketones is 1. The van der Waals surface area contributed by atoms with Crippen LogP contribution >= 0.6 is 11.3 Å². The quantitative estimate of drug-likeness (QED) is 0.786. The van der Waals surface area contributed by atoms with Crippen molar-refractivity contribution in [2.45, 2.75) is 32.2 Å². The number of nitrogens with one attached hydrogen (secondary N) is 2. The fourth-order valence-corrected chi connectivity index (χ4v) is 3.22. The minimum Gasteiger partial charge on any atom is -0.356 e. The van der Waals surface area contributed by atoms with E-state index in [1.165, 1.54) is 6.92 Å². The largest absolute Gasteiger partial charge is 0.356 e. The van der Waals surface area contributed by atoms with Crippen LogP contribution in [0, 0.1) is 0 Å². The molecule has 1 unspecified atom stereocenters. The first kappa shape index (κ1) is 16.3. The summed E-state index contributed by atoms with van der Waals surface area (Å²) in [5, 5.41) is 9.32. The summed E-state index contributed by atoms with van der Waals surface area (Å²) in [5.74, 6) is 0.324. The molecule has 2 aromatic rings. The van der Waals surface area contributed by atoms with Crippen molar-refractivity contribution < 1.29 is 18.9 Å². The molecule has 126 valence electrons. The van der Waals surface area contributed by atoms with E-state index < -0.39 is 0 Å². The van der Waals surface area contributed by atoms with Gasteiger partial charge in [0.15, 0.2) is 11.6 Å². The molecule has 3 rings (SSSR count). The van der Waals surface area contributed by atoms with Gasteiger partial charge in [0.25, 0.3) is 5.91 Å². The van der Waals surface area contributed by atoms with Crippen molar-refractivity contribution in [2.24, 2.45) is 0 Å². The molecular weight excluding hydrogens is 332 g/mol. The average molecular weight is 348 g/mol. The SMILES string of the molecule is CC(=O)c1ccc(C(=O)NCc2nc(C3CCNC(=O)C3)no2)s1. The lowest BCUT2D eigenvalue weighted by molar-refractivity contribution is -0.122. The van der Waals surface area contributed by atoms with Crippen LogP contribution in [-0.2, 0) is 11.3 Å². The highest BCUT2D eigenvalue weighted by Gasteiger charge is 2.25. The molecule has 2 amide bonds. The Morgan fingerprint density at radius 2 is 2.21 bits per heavy atom. The van der Waals surface area contributed by atoms with Crippen LogP contribution in [0.15, 0.2) is 16.7 Å². The highest BCUT2D eigenvalue weighted by molar-refractivity contribution is 7.15. The normalized spacial score (nSPS) is 17.4. The summed E-state index contributed by atoms with van der Waals surface area (Å²) < 4.78 is 5.12. The van der Waals surface area contributed by atoms with Gasteiger partial charge in [-0.3, -0.25) is 14.4 Å². The Morgan fingerprint density at radius 1 is 1.42 bits per heavy atom. The van der Waals surface area contributed by atoms with Gasteiger partial charge in [0.2, 0.25) is 11.8 Å². The third-order valence-corrected chi connectivity index (χ3v) is 4.86. The fraction of sp³-hybridized carbons (Fsp3) is 0.400. The van der Waals surface area contributed by atoms with E-state index in [0.717, 1.165) is 17.8 Å². The lowest BCUT2D eigenvalue weighted by atomic mass is 9.97. The maximum Gasteiger partial charge on any atom is 0.261 e. The molecule has 0 aromatic carbocycles. The number of piperidine rings is 1. The summed E-state index contributed by atoms with van der Waals surface area (Å²) in [6.07, 6.45) is 1.11. The third-order valence-electron chi connectivity index (χ3n) is 3.67. The molecule has 2 N–H and O–H groups in total. The van der Waals surface area contributed by atoms with E-state index in [1.807, 2.05) is 0 Å². The van der Waals surface area contributed by atoms with E-state index in [1.54, 1.807) is 12.1 Å². The van der Waals surface area contributed by atoms with Crippen molar-refractivity contribution >= 4 is 28.9 Å². The Hall–Kier alpha value is -2.55. The van der Waals surface area contributed by atoms with E-state index in [2.05, 4.69) is 20.8 Å².